The molecule has 2 aromatic carbocycles. The highest BCUT2D eigenvalue weighted by Gasteiger charge is 2.34. The van der Waals surface area contributed by atoms with Crippen LogP contribution in [0.1, 0.15) is 50.8 Å². The maximum Gasteiger partial charge on any atom is 0.410 e. The molecule has 1 aliphatic rings. The molecule has 1 unspecified atom stereocenters. The minimum Gasteiger partial charge on any atom is -0.444 e. The van der Waals surface area contributed by atoms with E-state index in [0.29, 0.717) is 25.1 Å². The third kappa shape index (κ3) is 4.61. The van der Waals surface area contributed by atoms with Crippen LogP contribution in [0, 0.1) is 6.92 Å². The summed E-state index contributed by atoms with van der Waals surface area (Å²) in [6.07, 6.45) is 0.849. The average molecular weight is 431 g/mol. The van der Waals surface area contributed by atoms with E-state index < -0.39 is 21.7 Å². The molecule has 30 heavy (non-hydrogen) atoms. The molecule has 162 valence electrons. The Morgan fingerprint density at radius 3 is 2.37 bits per heavy atom. The van der Waals surface area contributed by atoms with Crippen molar-refractivity contribution in [2.24, 2.45) is 0 Å². The molecule has 1 heterocycles. The SMILES string of the molecule is Cc1ccc(S(=O)(=O)N2CCCC(N(C)C(=O)OC(C)(C)C)c3ccccc32)cc1. The Morgan fingerprint density at radius 2 is 1.73 bits per heavy atom. The molecule has 0 aromatic heterocycles. The van der Waals surface area contributed by atoms with Gasteiger partial charge in [0.2, 0.25) is 0 Å². The fraction of sp³-hybridized carbons (Fsp3) is 0.435. The third-order valence-electron chi connectivity index (χ3n) is 5.16. The summed E-state index contributed by atoms with van der Waals surface area (Å²) in [5.41, 5.74) is 1.82. The zero-order chi connectivity index (χ0) is 22.1. The molecular formula is C23H30N2O4S. The van der Waals surface area contributed by atoms with E-state index in [9.17, 15) is 13.2 Å². The molecule has 0 radical (unpaired) electrons. The number of hydrogen-bond acceptors (Lipinski definition) is 4. The Hall–Kier alpha value is -2.54. The number of hydrogen-bond donors (Lipinski definition) is 0. The number of amides is 1. The van der Waals surface area contributed by atoms with Crippen LogP contribution in [0.4, 0.5) is 10.5 Å². The van der Waals surface area contributed by atoms with Crippen LogP contribution in [0.25, 0.3) is 0 Å². The molecule has 6 nitrogen and oxygen atoms in total. The Labute approximate surface area is 179 Å². The Kier molecular flexibility index (Phi) is 6.13. The van der Waals surface area contributed by atoms with Crippen molar-refractivity contribution in [1.29, 1.82) is 0 Å². The largest absolute Gasteiger partial charge is 0.444 e. The molecule has 0 spiro atoms. The van der Waals surface area contributed by atoms with E-state index >= 15 is 0 Å². The first kappa shape index (κ1) is 22.2. The lowest BCUT2D eigenvalue weighted by Crippen LogP contribution is -2.36. The highest BCUT2D eigenvalue weighted by molar-refractivity contribution is 7.92. The molecule has 0 saturated heterocycles. The van der Waals surface area contributed by atoms with Crippen molar-refractivity contribution < 1.29 is 17.9 Å². The minimum absolute atomic E-state index is 0.266. The number of anilines is 1. The Balaban J connectivity index is 2.00. The van der Waals surface area contributed by atoms with Crippen molar-refractivity contribution in [3.05, 3.63) is 59.7 Å². The lowest BCUT2D eigenvalue weighted by atomic mass is 10.0. The van der Waals surface area contributed by atoms with Crippen LogP contribution >= 0.6 is 0 Å². The normalized spacial score (nSPS) is 17.1. The van der Waals surface area contributed by atoms with Gasteiger partial charge >= 0.3 is 6.09 Å². The van der Waals surface area contributed by atoms with Crippen molar-refractivity contribution in [2.75, 3.05) is 17.9 Å². The summed E-state index contributed by atoms with van der Waals surface area (Å²) >= 11 is 0. The number of fused-ring (bicyclic) bond motifs is 1. The molecule has 0 saturated carbocycles. The van der Waals surface area contributed by atoms with Gasteiger partial charge in [-0.1, -0.05) is 35.9 Å². The van der Waals surface area contributed by atoms with E-state index in [1.807, 2.05) is 52.0 Å². The second kappa shape index (κ2) is 8.30. The van der Waals surface area contributed by atoms with Gasteiger partial charge in [-0.05, 0) is 64.3 Å². The summed E-state index contributed by atoms with van der Waals surface area (Å²) in [6.45, 7) is 7.77. The molecule has 0 aliphatic carbocycles. The van der Waals surface area contributed by atoms with Gasteiger partial charge in [0.15, 0.2) is 0 Å². The number of benzene rings is 2. The second-order valence-electron chi connectivity index (χ2n) is 8.70. The van der Waals surface area contributed by atoms with E-state index in [2.05, 4.69) is 0 Å². The van der Waals surface area contributed by atoms with Gasteiger partial charge in [-0.2, -0.15) is 0 Å². The van der Waals surface area contributed by atoms with Crippen LogP contribution in [-0.2, 0) is 14.8 Å². The Morgan fingerprint density at radius 1 is 1.10 bits per heavy atom. The predicted molar refractivity (Wildman–Crippen MR) is 118 cm³/mol. The van der Waals surface area contributed by atoms with Crippen LogP contribution in [0.3, 0.4) is 0 Å². The predicted octanol–water partition coefficient (Wildman–Crippen LogP) is 4.89. The van der Waals surface area contributed by atoms with Gasteiger partial charge in [-0.25, -0.2) is 13.2 Å². The van der Waals surface area contributed by atoms with Gasteiger partial charge in [0.05, 0.1) is 16.6 Å². The number of nitrogens with zero attached hydrogens (tertiary/aromatic N) is 2. The molecule has 2 aromatic rings. The summed E-state index contributed by atoms with van der Waals surface area (Å²) in [7, 11) is -2.01. The van der Waals surface area contributed by atoms with Gasteiger partial charge < -0.3 is 9.64 Å². The highest BCUT2D eigenvalue weighted by atomic mass is 32.2. The van der Waals surface area contributed by atoms with Crippen LogP contribution < -0.4 is 4.31 Å². The quantitative estimate of drug-likeness (QED) is 0.695. The molecular weight excluding hydrogens is 400 g/mol. The van der Waals surface area contributed by atoms with Crippen LogP contribution in [-0.4, -0.2) is 38.6 Å². The number of rotatable bonds is 3. The third-order valence-corrected chi connectivity index (χ3v) is 6.99. The number of carbonyl (C=O) groups excluding carboxylic acids is 1. The first-order valence-electron chi connectivity index (χ1n) is 10.1. The van der Waals surface area contributed by atoms with Crippen LogP contribution in [0.2, 0.25) is 0 Å². The summed E-state index contributed by atoms with van der Waals surface area (Å²) in [5.74, 6) is 0. The lowest BCUT2D eigenvalue weighted by molar-refractivity contribution is 0.0212. The monoisotopic (exact) mass is 430 g/mol. The molecule has 0 fully saturated rings. The number of carbonyl (C=O) groups is 1. The maximum absolute atomic E-state index is 13.4. The molecule has 1 atom stereocenters. The highest BCUT2D eigenvalue weighted by Crippen LogP contribution is 2.39. The fourth-order valence-electron chi connectivity index (χ4n) is 3.65. The van der Waals surface area contributed by atoms with Gasteiger partial charge in [0.25, 0.3) is 10.0 Å². The van der Waals surface area contributed by atoms with Crippen molar-refractivity contribution in [2.45, 2.75) is 57.1 Å². The molecule has 1 aliphatic heterocycles. The van der Waals surface area contributed by atoms with E-state index in [0.717, 1.165) is 11.1 Å². The topological polar surface area (TPSA) is 66.9 Å². The molecule has 3 rings (SSSR count). The average Bonchev–Trinajstić information content (AvgIpc) is 2.86. The van der Waals surface area contributed by atoms with Crippen molar-refractivity contribution in [3.63, 3.8) is 0 Å². The summed E-state index contributed by atoms with van der Waals surface area (Å²) in [5, 5.41) is 0. The van der Waals surface area contributed by atoms with Gasteiger partial charge in [0, 0.05) is 13.6 Å². The van der Waals surface area contributed by atoms with E-state index in [-0.39, 0.29) is 10.9 Å². The zero-order valence-corrected chi connectivity index (χ0v) is 19.1. The molecule has 1 amide bonds. The van der Waals surface area contributed by atoms with Crippen molar-refractivity contribution >= 4 is 21.8 Å². The second-order valence-corrected chi connectivity index (χ2v) is 10.6. The Bertz CT molecular complexity index is 1010. The van der Waals surface area contributed by atoms with Crippen molar-refractivity contribution in [1.82, 2.24) is 4.90 Å². The van der Waals surface area contributed by atoms with E-state index in [1.165, 1.54) is 4.31 Å². The van der Waals surface area contributed by atoms with E-state index in [1.54, 1.807) is 36.2 Å². The molecule has 7 heteroatoms. The number of ether oxygens (including phenoxy) is 1. The zero-order valence-electron chi connectivity index (χ0n) is 18.3. The van der Waals surface area contributed by atoms with Gasteiger partial charge in [0.1, 0.15) is 5.60 Å². The number of aryl methyl sites for hydroxylation is 1. The summed E-state index contributed by atoms with van der Waals surface area (Å²) in [4.78, 5) is 14.5. The standard InChI is InChI=1S/C23H30N2O4S/c1-17-12-14-18(15-13-17)30(27,28)25-16-8-11-20(19-9-6-7-10-21(19)25)24(5)22(26)29-23(2,3)4/h6-7,9-10,12-15,20H,8,11,16H2,1-5H3. The summed E-state index contributed by atoms with van der Waals surface area (Å²) in [6, 6.07) is 14.0. The smallest absolute Gasteiger partial charge is 0.410 e. The van der Waals surface area contributed by atoms with E-state index in [4.69, 9.17) is 4.74 Å². The van der Waals surface area contributed by atoms with Crippen LogP contribution in [0.15, 0.2) is 53.4 Å². The maximum atomic E-state index is 13.4. The van der Waals surface area contributed by atoms with Gasteiger partial charge in [-0.3, -0.25) is 4.31 Å². The van der Waals surface area contributed by atoms with Crippen LogP contribution in [0.5, 0.6) is 0 Å². The molecule has 0 N–H and O–H groups in total. The van der Waals surface area contributed by atoms with Gasteiger partial charge in [-0.15, -0.1) is 0 Å². The first-order chi connectivity index (χ1) is 14.0. The van der Waals surface area contributed by atoms with Crippen molar-refractivity contribution in [3.8, 4) is 0 Å². The first-order valence-corrected chi connectivity index (χ1v) is 11.6. The molecule has 0 bridgehead atoms. The number of sulfonamides is 1. The summed E-state index contributed by atoms with van der Waals surface area (Å²) < 4.78 is 33.9. The minimum atomic E-state index is -3.72. The lowest BCUT2D eigenvalue weighted by Gasteiger charge is -2.31. The number of para-hydroxylation sites is 1. The fourth-order valence-corrected chi connectivity index (χ4v) is 5.18.